The summed E-state index contributed by atoms with van der Waals surface area (Å²) in [4.78, 5) is 15.9. The van der Waals surface area contributed by atoms with Crippen LogP contribution in [-0.4, -0.2) is 18.0 Å². The molecule has 1 fully saturated rings. The zero-order valence-electron chi connectivity index (χ0n) is 13.9. The predicted octanol–water partition coefficient (Wildman–Crippen LogP) is 3.66. The van der Waals surface area contributed by atoms with Crippen LogP contribution in [0.25, 0.3) is 10.9 Å². The molecule has 0 unspecified atom stereocenters. The first-order valence-corrected chi connectivity index (χ1v) is 8.31. The molecular weight excluding hydrogens is 319 g/mol. The monoisotopic (exact) mass is 338 g/mol. The zero-order chi connectivity index (χ0) is 17.4. The lowest BCUT2D eigenvalue weighted by Gasteiger charge is -2.15. The summed E-state index contributed by atoms with van der Waals surface area (Å²) in [6.45, 7) is 0.474. The average Bonchev–Trinajstić information content (AvgIpc) is 3.34. The van der Waals surface area contributed by atoms with Gasteiger partial charge in [-0.25, -0.2) is 4.39 Å². The van der Waals surface area contributed by atoms with Crippen LogP contribution in [0.15, 0.2) is 48.7 Å². The first kappa shape index (κ1) is 15.7. The van der Waals surface area contributed by atoms with Gasteiger partial charge in [0.15, 0.2) is 0 Å². The van der Waals surface area contributed by atoms with E-state index in [1.807, 2.05) is 30.5 Å². The Morgan fingerprint density at radius 1 is 1.24 bits per heavy atom. The van der Waals surface area contributed by atoms with E-state index in [9.17, 15) is 9.18 Å². The standard InChI is InChI=1S/C20H19FN2O2/c1-25-15-5-2-13(3-6-15)11-23-19(24)20(8-9-20)17-12-22-18-10-14(21)4-7-16(17)18/h2-7,10,12,22H,8-9,11H2,1H3,(H,23,24). The molecule has 1 heterocycles. The van der Waals surface area contributed by atoms with E-state index in [0.717, 1.165) is 40.6 Å². The summed E-state index contributed by atoms with van der Waals surface area (Å²) in [5, 5.41) is 3.95. The van der Waals surface area contributed by atoms with E-state index in [1.165, 1.54) is 12.1 Å². The molecule has 1 amide bonds. The molecule has 4 nitrogen and oxygen atoms in total. The van der Waals surface area contributed by atoms with Crippen molar-refractivity contribution in [3.8, 4) is 5.75 Å². The van der Waals surface area contributed by atoms with Crippen LogP contribution >= 0.6 is 0 Å². The van der Waals surface area contributed by atoms with Crippen molar-refractivity contribution in [2.24, 2.45) is 0 Å². The highest BCUT2D eigenvalue weighted by atomic mass is 19.1. The highest BCUT2D eigenvalue weighted by Gasteiger charge is 2.52. The number of ether oxygens (including phenoxy) is 1. The zero-order valence-corrected chi connectivity index (χ0v) is 13.9. The third-order valence-corrected chi connectivity index (χ3v) is 4.96. The average molecular weight is 338 g/mol. The van der Waals surface area contributed by atoms with E-state index in [0.29, 0.717) is 6.54 Å². The van der Waals surface area contributed by atoms with E-state index >= 15 is 0 Å². The highest BCUT2D eigenvalue weighted by Crippen LogP contribution is 2.50. The molecule has 0 atom stereocenters. The third-order valence-electron chi connectivity index (χ3n) is 4.96. The number of nitrogens with one attached hydrogen (secondary N) is 2. The number of aromatic amines is 1. The van der Waals surface area contributed by atoms with Gasteiger partial charge in [-0.2, -0.15) is 0 Å². The number of carbonyl (C=O) groups is 1. The molecule has 4 rings (SSSR count). The van der Waals surface area contributed by atoms with Crippen molar-refractivity contribution in [3.63, 3.8) is 0 Å². The number of halogens is 1. The molecule has 0 spiro atoms. The van der Waals surface area contributed by atoms with Gasteiger partial charge >= 0.3 is 0 Å². The van der Waals surface area contributed by atoms with Crippen molar-refractivity contribution in [1.82, 2.24) is 10.3 Å². The second-order valence-electron chi connectivity index (χ2n) is 6.51. The minimum Gasteiger partial charge on any atom is -0.497 e. The van der Waals surface area contributed by atoms with Gasteiger partial charge < -0.3 is 15.0 Å². The Kier molecular flexibility index (Phi) is 3.71. The molecule has 2 aromatic carbocycles. The molecule has 0 bridgehead atoms. The molecule has 25 heavy (non-hydrogen) atoms. The van der Waals surface area contributed by atoms with Gasteiger partial charge in [0.05, 0.1) is 12.5 Å². The second kappa shape index (κ2) is 5.92. The van der Waals surface area contributed by atoms with Crippen molar-refractivity contribution in [3.05, 3.63) is 65.6 Å². The van der Waals surface area contributed by atoms with Gasteiger partial charge in [0, 0.05) is 23.6 Å². The maximum atomic E-state index is 13.4. The fourth-order valence-corrected chi connectivity index (χ4v) is 3.33. The van der Waals surface area contributed by atoms with Crippen LogP contribution in [0.1, 0.15) is 24.0 Å². The summed E-state index contributed by atoms with van der Waals surface area (Å²) in [6.07, 6.45) is 3.46. The van der Waals surface area contributed by atoms with Crippen molar-refractivity contribution in [1.29, 1.82) is 0 Å². The maximum Gasteiger partial charge on any atom is 0.231 e. The Morgan fingerprint density at radius 3 is 2.68 bits per heavy atom. The molecule has 0 radical (unpaired) electrons. The minimum absolute atomic E-state index is 0.0218. The van der Waals surface area contributed by atoms with E-state index in [1.54, 1.807) is 13.2 Å². The normalized spacial score (nSPS) is 15.1. The SMILES string of the molecule is COc1ccc(CNC(=O)C2(c3c[nH]c4cc(F)ccc34)CC2)cc1. The minimum atomic E-state index is -0.497. The van der Waals surface area contributed by atoms with Gasteiger partial charge in [0.2, 0.25) is 5.91 Å². The summed E-state index contributed by atoms with van der Waals surface area (Å²) >= 11 is 0. The number of benzene rings is 2. The van der Waals surface area contributed by atoms with Gasteiger partial charge in [-0.05, 0) is 54.3 Å². The quantitative estimate of drug-likeness (QED) is 0.746. The summed E-state index contributed by atoms with van der Waals surface area (Å²) in [5.74, 6) is 0.531. The van der Waals surface area contributed by atoms with Crippen molar-refractivity contribution < 1.29 is 13.9 Å². The molecule has 1 aliphatic rings. The van der Waals surface area contributed by atoms with Crippen LogP contribution in [0, 0.1) is 5.82 Å². The molecule has 1 saturated carbocycles. The summed E-state index contributed by atoms with van der Waals surface area (Å²) < 4.78 is 18.5. The predicted molar refractivity (Wildman–Crippen MR) is 94.0 cm³/mol. The van der Waals surface area contributed by atoms with Crippen LogP contribution in [-0.2, 0) is 16.8 Å². The number of H-pyrrole nitrogens is 1. The lowest BCUT2D eigenvalue weighted by Crippen LogP contribution is -2.34. The maximum absolute atomic E-state index is 13.4. The number of fused-ring (bicyclic) bond motifs is 1. The van der Waals surface area contributed by atoms with Crippen molar-refractivity contribution in [2.75, 3.05) is 7.11 Å². The van der Waals surface area contributed by atoms with Crippen LogP contribution < -0.4 is 10.1 Å². The first-order chi connectivity index (χ1) is 12.1. The largest absolute Gasteiger partial charge is 0.497 e. The van der Waals surface area contributed by atoms with Gasteiger partial charge in [-0.1, -0.05) is 12.1 Å². The van der Waals surface area contributed by atoms with Gasteiger partial charge in [0.1, 0.15) is 11.6 Å². The smallest absolute Gasteiger partial charge is 0.231 e. The number of hydrogen-bond donors (Lipinski definition) is 2. The molecule has 128 valence electrons. The summed E-state index contributed by atoms with van der Waals surface area (Å²) in [5.41, 5.74) is 2.20. The van der Waals surface area contributed by atoms with Gasteiger partial charge in [-0.15, -0.1) is 0 Å². The Labute approximate surface area is 145 Å². The molecule has 0 saturated heterocycles. The van der Waals surface area contributed by atoms with E-state index in [4.69, 9.17) is 4.74 Å². The first-order valence-electron chi connectivity index (χ1n) is 8.31. The Hall–Kier alpha value is -2.82. The number of aromatic nitrogens is 1. The number of methoxy groups -OCH3 is 1. The van der Waals surface area contributed by atoms with Crippen LogP contribution in [0.4, 0.5) is 4.39 Å². The van der Waals surface area contributed by atoms with Crippen LogP contribution in [0.3, 0.4) is 0 Å². The highest BCUT2D eigenvalue weighted by molar-refractivity contribution is 5.97. The summed E-state index contributed by atoms with van der Waals surface area (Å²) in [7, 11) is 1.63. The van der Waals surface area contributed by atoms with Crippen molar-refractivity contribution >= 4 is 16.8 Å². The van der Waals surface area contributed by atoms with Crippen molar-refractivity contribution in [2.45, 2.75) is 24.8 Å². The molecule has 2 N–H and O–H groups in total. The lowest BCUT2D eigenvalue weighted by molar-refractivity contribution is -0.123. The molecule has 0 aliphatic heterocycles. The van der Waals surface area contributed by atoms with Gasteiger partial charge in [0.25, 0.3) is 0 Å². The molecule has 1 aromatic heterocycles. The Balaban J connectivity index is 1.52. The Bertz CT molecular complexity index is 927. The van der Waals surface area contributed by atoms with E-state index in [-0.39, 0.29) is 11.7 Å². The number of carbonyl (C=O) groups excluding carboxylic acids is 1. The molecular formula is C20H19FN2O2. The van der Waals surface area contributed by atoms with Crippen LogP contribution in [0.2, 0.25) is 0 Å². The second-order valence-corrected chi connectivity index (χ2v) is 6.51. The lowest BCUT2D eigenvalue weighted by atomic mass is 9.94. The number of amides is 1. The molecule has 5 heteroatoms. The van der Waals surface area contributed by atoms with E-state index < -0.39 is 5.41 Å². The fourth-order valence-electron chi connectivity index (χ4n) is 3.33. The number of hydrogen-bond acceptors (Lipinski definition) is 2. The molecule has 1 aliphatic carbocycles. The molecule has 3 aromatic rings. The van der Waals surface area contributed by atoms with Gasteiger partial charge in [-0.3, -0.25) is 4.79 Å². The Morgan fingerprint density at radius 2 is 2.00 bits per heavy atom. The number of rotatable bonds is 5. The van der Waals surface area contributed by atoms with E-state index in [2.05, 4.69) is 10.3 Å². The fraction of sp³-hybridized carbons (Fsp3) is 0.250. The third kappa shape index (κ3) is 2.76. The topological polar surface area (TPSA) is 54.1 Å². The van der Waals surface area contributed by atoms with Crippen LogP contribution in [0.5, 0.6) is 5.75 Å². The summed E-state index contributed by atoms with van der Waals surface area (Å²) in [6, 6.07) is 12.3.